The number of hydrogen-bond donors (Lipinski definition) is 1. The number of anilines is 1. The van der Waals surface area contributed by atoms with Crippen LogP contribution in [0, 0.1) is 0 Å². The molecule has 1 rings (SSSR count). The fourth-order valence-electron chi connectivity index (χ4n) is 0.960. The molecule has 1 N–H and O–H groups in total. The van der Waals surface area contributed by atoms with Gasteiger partial charge in [0.05, 0.1) is 0 Å². The summed E-state index contributed by atoms with van der Waals surface area (Å²) in [5, 5.41) is 3.54. The molecule has 0 radical (unpaired) electrons. The van der Waals surface area contributed by atoms with Crippen molar-refractivity contribution in [3.05, 3.63) is 30.2 Å². The van der Waals surface area contributed by atoms with Gasteiger partial charge in [-0.15, -0.1) is 6.58 Å². The highest BCUT2D eigenvalue weighted by Crippen LogP contribution is 2.15. The SMILES string of the molecule is C=CCC(C)Nc1nccnc1Cl. The number of halogens is 1. The maximum absolute atomic E-state index is 5.81. The van der Waals surface area contributed by atoms with Crippen LogP contribution in [-0.4, -0.2) is 16.0 Å². The van der Waals surface area contributed by atoms with Crippen LogP contribution in [-0.2, 0) is 0 Å². The van der Waals surface area contributed by atoms with Crippen molar-refractivity contribution in [3.63, 3.8) is 0 Å². The molecule has 0 amide bonds. The van der Waals surface area contributed by atoms with Crippen LogP contribution >= 0.6 is 11.6 Å². The molecule has 70 valence electrons. The van der Waals surface area contributed by atoms with Crippen molar-refractivity contribution in [2.75, 3.05) is 5.32 Å². The molecule has 0 aliphatic carbocycles. The van der Waals surface area contributed by atoms with E-state index in [-0.39, 0.29) is 6.04 Å². The van der Waals surface area contributed by atoms with Crippen LogP contribution in [0.3, 0.4) is 0 Å². The molecule has 0 aromatic carbocycles. The molecule has 4 heteroatoms. The van der Waals surface area contributed by atoms with Gasteiger partial charge in [0.25, 0.3) is 0 Å². The van der Waals surface area contributed by atoms with Crippen LogP contribution in [0.1, 0.15) is 13.3 Å². The first-order valence-electron chi connectivity index (χ1n) is 4.08. The average molecular weight is 198 g/mol. The summed E-state index contributed by atoms with van der Waals surface area (Å²) in [5.74, 6) is 0.624. The number of aromatic nitrogens is 2. The van der Waals surface area contributed by atoms with Gasteiger partial charge in [0.1, 0.15) is 0 Å². The summed E-state index contributed by atoms with van der Waals surface area (Å²) in [5.41, 5.74) is 0. The lowest BCUT2D eigenvalue weighted by Crippen LogP contribution is -2.15. The van der Waals surface area contributed by atoms with Crippen LogP contribution in [0.15, 0.2) is 25.0 Å². The molecule has 1 unspecified atom stereocenters. The quantitative estimate of drug-likeness (QED) is 0.754. The lowest BCUT2D eigenvalue weighted by atomic mass is 10.2. The maximum Gasteiger partial charge on any atom is 0.171 e. The molecule has 1 aromatic rings. The Bertz CT molecular complexity index is 288. The Balaban J connectivity index is 2.63. The van der Waals surface area contributed by atoms with Gasteiger partial charge in [-0.1, -0.05) is 17.7 Å². The number of rotatable bonds is 4. The molecule has 1 heterocycles. The molecular formula is C9H12ClN3. The molecule has 13 heavy (non-hydrogen) atoms. The Morgan fingerprint density at radius 1 is 1.62 bits per heavy atom. The summed E-state index contributed by atoms with van der Waals surface area (Å²) in [6.45, 7) is 5.69. The second-order valence-electron chi connectivity index (χ2n) is 2.77. The first-order valence-corrected chi connectivity index (χ1v) is 4.45. The highest BCUT2D eigenvalue weighted by atomic mass is 35.5. The third kappa shape index (κ3) is 3.03. The fourth-order valence-corrected chi connectivity index (χ4v) is 1.12. The molecule has 1 aromatic heterocycles. The van der Waals surface area contributed by atoms with E-state index in [1.54, 1.807) is 12.4 Å². The van der Waals surface area contributed by atoms with Gasteiger partial charge in [0, 0.05) is 18.4 Å². The lowest BCUT2D eigenvalue weighted by molar-refractivity contribution is 0.806. The Morgan fingerprint density at radius 3 is 2.92 bits per heavy atom. The number of nitrogens with zero attached hydrogens (tertiary/aromatic N) is 2. The van der Waals surface area contributed by atoms with Crippen molar-refractivity contribution >= 4 is 17.4 Å². The zero-order valence-corrected chi connectivity index (χ0v) is 8.25. The average Bonchev–Trinajstić information content (AvgIpc) is 2.09. The third-order valence-corrected chi connectivity index (χ3v) is 1.83. The van der Waals surface area contributed by atoms with E-state index < -0.39 is 0 Å². The van der Waals surface area contributed by atoms with Gasteiger partial charge >= 0.3 is 0 Å². The Morgan fingerprint density at radius 2 is 2.31 bits per heavy atom. The van der Waals surface area contributed by atoms with Gasteiger partial charge < -0.3 is 5.32 Å². The van der Waals surface area contributed by atoms with Crippen LogP contribution in [0.25, 0.3) is 0 Å². The van der Waals surface area contributed by atoms with Crippen LogP contribution in [0.5, 0.6) is 0 Å². The second-order valence-corrected chi connectivity index (χ2v) is 3.12. The van der Waals surface area contributed by atoms with E-state index in [2.05, 4.69) is 21.9 Å². The van der Waals surface area contributed by atoms with Crippen LogP contribution < -0.4 is 5.32 Å². The molecule has 3 nitrogen and oxygen atoms in total. The topological polar surface area (TPSA) is 37.8 Å². The van der Waals surface area contributed by atoms with Gasteiger partial charge in [0.15, 0.2) is 11.0 Å². The first kappa shape index (κ1) is 9.99. The monoisotopic (exact) mass is 197 g/mol. The minimum Gasteiger partial charge on any atom is -0.365 e. The molecule has 0 spiro atoms. The van der Waals surface area contributed by atoms with Crippen molar-refractivity contribution in [1.29, 1.82) is 0 Å². The van der Waals surface area contributed by atoms with Crippen molar-refractivity contribution in [3.8, 4) is 0 Å². The van der Waals surface area contributed by atoms with Crippen molar-refractivity contribution < 1.29 is 0 Å². The summed E-state index contributed by atoms with van der Waals surface area (Å²) >= 11 is 5.81. The van der Waals surface area contributed by atoms with E-state index in [1.165, 1.54) is 0 Å². The minimum atomic E-state index is 0.270. The molecule has 0 saturated carbocycles. The predicted molar refractivity (Wildman–Crippen MR) is 54.9 cm³/mol. The Hall–Kier alpha value is -1.09. The molecular weight excluding hydrogens is 186 g/mol. The molecule has 0 saturated heterocycles. The predicted octanol–water partition coefficient (Wildman–Crippen LogP) is 2.51. The van der Waals surface area contributed by atoms with Crippen LogP contribution in [0.2, 0.25) is 5.15 Å². The number of hydrogen-bond acceptors (Lipinski definition) is 3. The summed E-state index contributed by atoms with van der Waals surface area (Å²) < 4.78 is 0. The smallest absolute Gasteiger partial charge is 0.171 e. The largest absolute Gasteiger partial charge is 0.365 e. The summed E-state index contributed by atoms with van der Waals surface area (Å²) in [6, 6.07) is 0.270. The third-order valence-electron chi connectivity index (χ3n) is 1.56. The van der Waals surface area contributed by atoms with Crippen molar-refractivity contribution in [2.24, 2.45) is 0 Å². The summed E-state index contributed by atoms with van der Waals surface area (Å²) in [4.78, 5) is 7.97. The normalized spacial score (nSPS) is 12.2. The van der Waals surface area contributed by atoms with E-state index in [0.29, 0.717) is 11.0 Å². The summed E-state index contributed by atoms with van der Waals surface area (Å²) in [7, 11) is 0. The minimum absolute atomic E-state index is 0.270. The van der Waals surface area contributed by atoms with E-state index in [0.717, 1.165) is 6.42 Å². The standard InChI is InChI=1S/C9H12ClN3/c1-3-4-7(2)13-9-8(10)11-5-6-12-9/h3,5-7H,1,4H2,2H3,(H,12,13). The molecule has 0 bridgehead atoms. The van der Waals surface area contributed by atoms with Gasteiger partial charge in [-0.3, -0.25) is 0 Å². The van der Waals surface area contributed by atoms with E-state index >= 15 is 0 Å². The Labute approximate surface area is 82.9 Å². The van der Waals surface area contributed by atoms with Gasteiger partial charge in [-0.2, -0.15) is 0 Å². The molecule has 0 aliphatic rings. The molecule has 1 atom stereocenters. The van der Waals surface area contributed by atoms with Gasteiger partial charge in [0.2, 0.25) is 0 Å². The van der Waals surface area contributed by atoms with Crippen LogP contribution in [0.4, 0.5) is 5.82 Å². The molecule has 0 aliphatic heterocycles. The number of nitrogens with one attached hydrogen (secondary N) is 1. The van der Waals surface area contributed by atoms with E-state index in [1.807, 2.05) is 13.0 Å². The molecule has 0 fully saturated rings. The van der Waals surface area contributed by atoms with Gasteiger partial charge in [-0.05, 0) is 13.3 Å². The first-order chi connectivity index (χ1) is 6.24. The van der Waals surface area contributed by atoms with Crippen molar-refractivity contribution in [1.82, 2.24) is 9.97 Å². The zero-order chi connectivity index (χ0) is 9.68. The highest BCUT2D eigenvalue weighted by Gasteiger charge is 2.04. The van der Waals surface area contributed by atoms with Gasteiger partial charge in [-0.25, -0.2) is 9.97 Å². The van der Waals surface area contributed by atoms with Crippen molar-refractivity contribution in [2.45, 2.75) is 19.4 Å². The zero-order valence-electron chi connectivity index (χ0n) is 7.50. The lowest BCUT2D eigenvalue weighted by Gasteiger charge is -2.12. The fraction of sp³-hybridized carbons (Fsp3) is 0.333. The Kier molecular flexibility index (Phi) is 3.71. The second kappa shape index (κ2) is 4.82. The van der Waals surface area contributed by atoms with E-state index in [9.17, 15) is 0 Å². The summed E-state index contributed by atoms with van der Waals surface area (Å²) in [6.07, 6.45) is 5.88. The maximum atomic E-state index is 5.81. The highest BCUT2D eigenvalue weighted by molar-refractivity contribution is 6.31. The van der Waals surface area contributed by atoms with E-state index in [4.69, 9.17) is 11.6 Å².